The van der Waals surface area contributed by atoms with Gasteiger partial charge in [-0.2, -0.15) is 0 Å². The van der Waals surface area contributed by atoms with Gasteiger partial charge in [0.25, 0.3) is 0 Å². The highest BCUT2D eigenvalue weighted by Crippen LogP contribution is 2.36. The molecule has 2 unspecified atom stereocenters. The van der Waals surface area contributed by atoms with Crippen LogP contribution in [-0.2, 0) is 6.42 Å². The molecule has 2 atom stereocenters. The molecular weight excluding hydrogens is 476 g/mol. The molecule has 3 aromatic rings. The molecule has 0 spiro atoms. The predicted octanol–water partition coefficient (Wildman–Crippen LogP) is 6.35. The minimum atomic E-state index is -0.230. The first-order chi connectivity index (χ1) is 15.0. The largest absolute Gasteiger partial charge is 0.508 e. The van der Waals surface area contributed by atoms with Crippen LogP contribution in [0.3, 0.4) is 0 Å². The molecule has 160 valence electrons. The van der Waals surface area contributed by atoms with Crippen molar-refractivity contribution in [3.8, 4) is 11.5 Å². The highest BCUT2D eigenvalue weighted by atomic mass is 79.9. The molecule has 1 aliphatic rings. The first-order valence-electron chi connectivity index (χ1n) is 10.1. The van der Waals surface area contributed by atoms with Crippen molar-refractivity contribution in [3.63, 3.8) is 0 Å². The van der Waals surface area contributed by atoms with Crippen molar-refractivity contribution in [1.29, 1.82) is 0 Å². The molecule has 3 N–H and O–H groups in total. The molecule has 4 rings (SSSR count). The maximum Gasteiger partial charge on any atom is 0.133 e. The number of hydrogen-bond acceptors (Lipinski definition) is 4. The molecule has 0 amide bonds. The summed E-state index contributed by atoms with van der Waals surface area (Å²) in [5, 5.41) is 18.3. The maximum atomic E-state index is 10.5. The Labute approximate surface area is 196 Å². The fourth-order valence-electron chi connectivity index (χ4n) is 3.73. The molecule has 0 fully saturated rings. The van der Waals surface area contributed by atoms with Gasteiger partial charge in [0.2, 0.25) is 0 Å². The van der Waals surface area contributed by atoms with Crippen LogP contribution >= 0.6 is 27.5 Å². The lowest BCUT2D eigenvalue weighted by Gasteiger charge is -2.33. The van der Waals surface area contributed by atoms with E-state index in [9.17, 15) is 5.11 Å². The Balaban J connectivity index is 1.76. The molecule has 4 nitrogen and oxygen atoms in total. The maximum absolute atomic E-state index is 10.5. The molecule has 6 heteroatoms. The van der Waals surface area contributed by atoms with Gasteiger partial charge < -0.3 is 15.2 Å². The SMILES string of the molecule is CCc1ccc(C2=CC(c3cc(Cl)ccc3O)NC(c3ccc(OC)c(Br)c3)N2)cc1. The zero-order valence-electron chi connectivity index (χ0n) is 17.3. The third-order valence-electron chi connectivity index (χ3n) is 5.49. The van der Waals surface area contributed by atoms with E-state index < -0.39 is 0 Å². The monoisotopic (exact) mass is 498 g/mol. The van der Waals surface area contributed by atoms with Crippen LogP contribution in [0.1, 0.15) is 41.4 Å². The lowest BCUT2D eigenvalue weighted by atomic mass is 9.97. The summed E-state index contributed by atoms with van der Waals surface area (Å²) >= 11 is 9.81. The Kier molecular flexibility index (Phi) is 6.56. The Morgan fingerprint density at radius 1 is 1.06 bits per heavy atom. The lowest BCUT2D eigenvalue weighted by molar-refractivity contribution is 0.408. The average Bonchev–Trinajstić information content (AvgIpc) is 2.80. The van der Waals surface area contributed by atoms with E-state index in [1.807, 2.05) is 18.2 Å². The van der Waals surface area contributed by atoms with Crippen molar-refractivity contribution in [3.05, 3.63) is 98.5 Å². The van der Waals surface area contributed by atoms with E-state index in [2.05, 4.69) is 63.8 Å². The molecule has 1 aliphatic heterocycles. The van der Waals surface area contributed by atoms with E-state index in [1.54, 1.807) is 25.3 Å². The number of rotatable bonds is 5. The Morgan fingerprint density at radius 2 is 1.84 bits per heavy atom. The highest BCUT2D eigenvalue weighted by Gasteiger charge is 2.26. The minimum absolute atomic E-state index is 0.184. The van der Waals surface area contributed by atoms with Crippen molar-refractivity contribution >= 4 is 33.2 Å². The highest BCUT2D eigenvalue weighted by molar-refractivity contribution is 9.10. The third-order valence-corrected chi connectivity index (χ3v) is 6.34. The minimum Gasteiger partial charge on any atom is -0.508 e. The average molecular weight is 500 g/mol. The number of phenolic OH excluding ortho intramolecular Hbond substituents is 1. The Hall–Kier alpha value is -2.47. The molecule has 0 saturated carbocycles. The van der Waals surface area contributed by atoms with Crippen LogP contribution in [0.2, 0.25) is 5.02 Å². The fraction of sp³-hybridized carbons (Fsp3) is 0.200. The topological polar surface area (TPSA) is 53.5 Å². The molecule has 3 aromatic carbocycles. The first-order valence-corrected chi connectivity index (χ1v) is 11.3. The number of halogens is 2. The van der Waals surface area contributed by atoms with Crippen LogP contribution in [0.5, 0.6) is 11.5 Å². The van der Waals surface area contributed by atoms with Gasteiger partial charge in [0.15, 0.2) is 0 Å². The van der Waals surface area contributed by atoms with Crippen LogP contribution in [0.25, 0.3) is 5.70 Å². The van der Waals surface area contributed by atoms with Gasteiger partial charge >= 0.3 is 0 Å². The van der Waals surface area contributed by atoms with Crippen LogP contribution in [0, 0.1) is 0 Å². The smallest absolute Gasteiger partial charge is 0.133 e. The number of methoxy groups -OCH3 is 1. The number of phenols is 1. The molecule has 31 heavy (non-hydrogen) atoms. The van der Waals surface area contributed by atoms with Gasteiger partial charge in [-0.05, 0) is 75.4 Å². The summed E-state index contributed by atoms with van der Waals surface area (Å²) in [7, 11) is 1.65. The second kappa shape index (κ2) is 9.35. The van der Waals surface area contributed by atoms with Crippen molar-refractivity contribution in [2.75, 3.05) is 7.11 Å². The molecule has 0 aliphatic carbocycles. The quantitative estimate of drug-likeness (QED) is 0.383. The van der Waals surface area contributed by atoms with Gasteiger partial charge in [0, 0.05) is 16.3 Å². The van der Waals surface area contributed by atoms with Crippen LogP contribution in [0.15, 0.2) is 71.2 Å². The van der Waals surface area contributed by atoms with Crippen molar-refractivity contribution in [1.82, 2.24) is 10.6 Å². The fourth-order valence-corrected chi connectivity index (χ4v) is 4.47. The number of hydrogen-bond donors (Lipinski definition) is 3. The second-order valence-corrected chi connectivity index (χ2v) is 8.74. The van der Waals surface area contributed by atoms with Crippen molar-refractivity contribution in [2.45, 2.75) is 25.6 Å². The normalized spacial score (nSPS) is 18.3. The summed E-state index contributed by atoms with van der Waals surface area (Å²) in [6.07, 6.45) is 2.90. The first kappa shape index (κ1) is 21.8. The standard InChI is InChI=1S/C25H24BrClN2O2/c1-3-15-4-6-16(7-5-15)21-14-22(19-13-18(27)9-10-23(19)30)29-25(28-21)17-8-11-24(31-2)20(26)12-17/h4-14,22,25,28-30H,3H2,1-2H3. The number of benzene rings is 3. The molecule has 1 heterocycles. The number of aromatic hydroxyl groups is 1. The van der Waals surface area contributed by atoms with E-state index in [0.717, 1.165) is 39.0 Å². The van der Waals surface area contributed by atoms with E-state index in [-0.39, 0.29) is 18.0 Å². The third kappa shape index (κ3) is 4.74. The van der Waals surface area contributed by atoms with Gasteiger partial charge in [0.05, 0.1) is 17.6 Å². The van der Waals surface area contributed by atoms with E-state index >= 15 is 0 Å². The van der Waals surface area contributed by atoms with Crippen LogP contribution < -0.4 is 15.4 Å². The molecule has 0 radical (unpaired) electrons. The molecule has 0 aromatic heterocycles. The van der Waals surface area contributed by atoms with Crippen LogP contribution in [0.4, 0.5) is 0 Å². The summed E-state index contributed by atoms with van der Waals surface area (Å²) in [5.41, 5.74) is 5.13. The zero-order valence-corrected chi connectivity index (χ0v) is 19.7. The lowest BCUT2D eigenvalue weighted by Crippen LogP contribution is -2.39. The summed E-state index contributed by atoms with van der Waals surface area (Å²) in [6, 6.07) is 19.4. The van der Waals surface area contributed by atoms with Crippen LogP contribution in [-0.4, -0.2) is 12.2 Å². The Morgan fingerprint density at radius 3 is 2.52 bits per heavy atom. The summed E-state index contributed by atoms with van der Waals surface area (Å²) in [5.74, 6) is 0.977. The van der Waals surface area contributed by atoms with Gasteiger partial charge in [-0.1, -0.05) is 48.9 Å². The summed E-state index contributed by atoms with van der Waals surface area (Å²) < 4.78 is 6.25. The number of ether oxygens (including phenoxy) is 1. The number of nitrogens with one attached hydrogen (secondary N) is 2. The summed E-state index contributed by atoms with van der Waals surface area (Å²) in [4.78, 5) is 0. The predicted molar refractivity (Wildman–Crippen MR) is 129 cm³/mol. The Bertz CT molecular complexity index is 1120. The van der Waals surface area contributed by atoms with E-state index in [4.69, 9.17) is 16.3 Å². The van der Waals surface area contributed by atoms with Gasteiger partial charge in [-0.3, -0.25) is 5.32 Å². The zero-order chi connectivity index (χ0) is 22.0. The van der Waals surface area contributed by atoms with Gasteiger partial charge in [0.1, 0.15) is 17.7 Å². The summed E-state index contributed by atoms with van der Waals surface area (Å²) in [6.45, 7) is 2.15. The van der Waals surface area contributed by atoms with Crippen molar-refractivity contribution < 1.29 is 9.84 Å². The van der Waals surface area contributed by atoms with Gasteiger partial charge in [-0.25, -0.2) is 0 Å². The van der Waals surface area contributed by atoms with E-state index in [0.29, 0.717) is 5.02 Å². The van der Waals surface area contributed by atoms with Crippen molar-refractivity contribution in [2.24, 2.45) is 0 Å². The second-order valence-electron chi connectivity index (χ2n) is 7.45. The van der Waals surface area contributed by atoms with Gasteiger partial charge in [-0.15, -0.1) is 0 Å². The molecule has 0 saturated heterocycles. The van der Waals surface area contributed by atoms with E-state index in [1.165, 1.54) is 5.56 Å². The number of aryl methyl sites for hydroxylation is 1. The molecule has 0 bridgehead atoms. The molecular formula is C25H24BrClN2O2.